The number of nitrogens with zero attached hydrogens (tertiary/aromatic N) is 3. The molecule has 1 amide bonds. The van der Waals surface area contributed by atoms with Crippen LogP contribution in [0.25, 0.3) is 11.3 Å². The normalized spacial score (nSPS) is 21.2. The van der Waals surface area contributed by atoms with Gasteiger partial charge in [0.2, 0.25) is 11.9 Å². The van der Waals surface area contributed by atoms with E-state index in [0.717, 1.165) is 23.4 Å². The average Bonchev–Trinajstić information content (AvgIpc) is 3.57. The van der Waals surface area contributed by atoms with Gasteiger partial charge in [-0.3, -0.25) is 9.89 Å². The molecule has 2 aliphatic rings. The number of rotatable bonds is 7. The Labute approximate surface area is 212 Å². The molecule has 1 aliphatic carbocycles. The Balaban J connectivity index is 1.30. The molecule has 0 spiro atoms. The second-order valence-corrected chi connectivity index (χ2v) is 11.0. The number of carbonyl (C=O) groups excluding carboxylic acids is 1. The van der Waals surface area contributed by atoms with E-state index in [4.69, 9.17) is 9.72 Å². The Morgan fingerprint density at radius 1 is 1.11 bits per heavy atom. The quantitative estimate of drug-likeness (QED) is 0.450. The molecular formula is C28H36N6O2. The molecule has 0 radical (unpaired) electrons. The highest BCUT2D eigenvalue weighted by atomic mass is 16.5. The molecule has 8 nitrogen and oxygen atoms in total. The van der Waals surface area contributed by atoms with Gasteiger partial charge in [-0.2, -0.15) is 5.10 Å². The van der Waals surface area contributed by atoms with Crippen LogP contribution in [0.3, 0.4) is 0 Å². The third-order valence-corrected chi connectivity index (χ3v) is 7.16. The summed E-state index contributed by atoms with van der Waals surface area (Å²) in [5.41, 5.74) is 6.32. The number of benzene rings is 1. The largest absolute Gasteiger partial charge is 0.373 e. The van der Waals surface area contributed by atoms with E-state index in [0.29, 0.717) is 18.2 Å². The summed E-state index contributed by atoms with van der Waals surface area (Å²) in [6.07, 6.45) is 5.16. The molecule has 3 aromatic rings. The summed E-state index contributed by atoms with van der Waals surface area (Å²) in [5.74, 6) is 0.0882. The van der Waals surface area contributed by atoms with Crippen LogP contribution in [0.2, 0.25) is 0 Å². The predicted octanol–water partition coefficient (Wildman–Crippen LogP) is 4.56. The number of aromatic amines is 1. The van der Waals surface area contributed by atoms with Crippen LogP contribution < -0.4 is 10.6 Å². The molecule has 1 aromatic carbocycles. The van der Waals surface area contributed by atoms with Gasteiger partial charge in [-0.25, -0.2) is 9.97 Å². The van der Waals surface area contributed by atoms with Gasteiger partial charge in [0.1, 0.15) is 0 Å². The first-order valence-electron chi connectivity index (χ1n) is 12.9. The molecule has 2 aromatic heterocycles. The van der Waals surface area contributed by atoms with Crippen molar-refractivity contribution in [3.05, 3.63) is 59.0 Å². The summed E-state index contributed by atoms with van der Waals surface area (Å²) >= 11 is 0. The standard InChI is InChI=1S/C28H36N6O2/c1-16(23-14-24(34-33-23)20-10-9-18-7-6-8-19(18)13-20)31-27-29-12-11-22(32-27)25-21(15-30-26(25)35)17(2)36-28(3,4)5/h9-14,16-17,21,25H,6-8,15H2,1-5H3,(H,30,35)(H,33,34)(H,29,31,32)/t16-,17+,21+,25+/m0/s1. The molecule has 4 atom stereocenters. The fourth-order valence-electron chi connectivity index (χ4n) is 5.40. The van der Waals surface area contributed by atoms with Gasteiger partial charge in [0.25, 0.3) is 0 Å². The first-order chi connectivity index (χ1) is 17.2. The fourth-order valence-corrected chi connectivity index (χ4v) is 5.40. The second-order valence-electron chi connectivity index (χ2n) is 11.0. The van der Waals surface area contributed by atoms with Crippen LogP contribution in [-0.2, 0) is 22.4 Å². The number of hydrogen-bond acceptors (Lipinski definition) is 6. The lowest BCUT2D eigenvalue weighted by Crippen LogP contribution is -2.34. The number of amides is 1. The van der Waals surface area contributed by atoms with Gasteiger partial charge in [-0.15, -0.1) is 0 Å². The Hall–Kier alpha value is -3.26. The molecule has 1 fully saturated rings. The lowest BCUT2D eigenvalue weighted by molar-refractivity contribution is -0.122. The maximum absolute atomic E-state index is 12.8. The lowest BCUT2D eigenvalue weighted by atomic mass is 9.88. The van der Waals surface area contributed by atoms with Gasteiger partial charge in [0, 0.05) is 24.2 Å². The van der Waals surface area contributed by atoms with Crippen molar-refractivity contribution < 1.29 is 9.53 Å². The first kappa shape index (κ1) is 24.4. The van der Waals surface area contributed by atoms with Crippen LogP contribution in [0.1, 0.15) is 75.5 Å². The zero-order valence-electron chi connectivity index (χ0n) is 21.8. The predicted molar refractivity (Wildman–Crippen MR) is 140 cm³/mol. The van der Waals surface area contributed by atoms with E-state index in [-0.39, 0.29) is 35.5 Å². The van der Waals surface area contributed by atoms with Gasteiger partial charge in [-0.05, 0) is 83.2 Å². The fraction of sp³-hybridized carbons (Fsp3) is 0.500. The van der Waals surface area contributed by atoms with Crippen molar-refractivity contribution in [2.24, 2.45) is 5.92 Å². The van der Waals surface area contributed by atoms with E-state index >= 15 is 0 Å². The summed E-state index contributed by atoms with van der Waals surface area (Å²) < 4.78 is 6.18. The Kier molecular flexibility index (Phi) is 6.55. The SMILES string of the molecule is C[C@H](Nc1nccc([C@@H]2C(=O)NC[C@@H]2[C@@H](C)OC(C)(C)C)n1)c1cc(-c2ccc3c(c2)CCC3)n[nH]1. The molecule has 0 saturated carbocycles. The lowest BCUT2D eigenvalue weighted by Gasteiger charge is -2.30. The number of anilines is 1. The number of H-pyrrole nitrogens is 1. The molecule has 3 heterocycles. The molecule has 190 valence electrons. The summed E-state index contributed by atoms with van der Waals surface area (Å²) in [4.78, 5) is 21.9. The van der Waals surface area contributed by atoms with Crippen molar-refractivity contribution in [3.63, 3.8) is 0 Å². The van der Waals surface area contributed by atoms with Crippen LogP contribution in [0, 0.1) is 5.92 Å². The van der Waals surface area contributed by atoms with Gasteiger partial charge < -0.3 is 15.4 Å². The van der Waals surface area contributed by atoms with E-state index < -0.39 is 0 Å². The Morgan fingerprint density at radius 3 is 2.72 bits per heavy atom. The molecule has 36 heavy (non-hydrogen) atoms. The van der Waals surface area contributed by atoms with Crippen molar-refractivity contribution in [3.8, 4) is 11.3 Å². The average molecular weight is 489 g/mol. The number of nitrogens with one attached hydrogen (secondary N) is 3. The Morgan fingerprint density at radius 2 is 1.92 bits per heavy atom. The number of aromatic nitrogens is 4. The van der Waals surface area contributed by atoms with Crippen LogP contribution in [0.15, 0.2) is 36.5 Å². The summed E-state index contributed by atoms with van der Waals surface area (Å²) in [6, 6.07) is 10.5. The maximum Gasteiger partial charge on any atom is 0.229 e. The summed E-state index contributed by atoms with van der Waals surface area (Å²) in [5, 5.41) is 14.1. The van der Waals surface area contributed by atoms with Crippen LogP contribution in [-0.4, -0.2) is 44.3 Å². The monoisotopic (exact) mass is 488 g/mol. The third kappa shape index (κ3) is 5.14. The summed E-state index contributed by atoms with van der Waals surface area (Å²) in [7, 11) is 0. The van der Waals surface area contributed by atoms with Gasteiger partial charge in [0.15, 0.2) is 0 Å². The van der Waals surface area contributed by atoms with Crippen molar-refractivity contribution in [2.45, 2.75) is 77.5 Å². The second kappa shape index (κ2) is 9.65. The van der Waals surface area contributed by atoms with E-state index in [1.165, 1.54) is 24.0 Å². The zero-order chi connectivity index (χ0) is 25.4. The van der Waals surface area contributed by atoms with Gasteiger partial charge >= 0.3 is 0 Å². The molecule has 0 bridgehead atoms. The van der Waals surface area contributed by atoms with Crippen LogP contribution >= 0.6 is 0 Å². The topological polar surface area (TPSA) is 105 Å². The molecule has 8 heteroatoms. The maximum atomic E-state index is 12.8. The molecule has 3 N–H and O–H groups in total. The third-order valence-electron chi connectivity index (χ3n) is 7.16. The van der Waals surface area contributed by atoms with Crippen LogP contribution in [0.5, 0.6) is 0 Å². The minimum Gasteiger partial charge on any atom is -0.373 e. The molecule has 5 rings (SSSR count). The highest BCUT2D eigenvalue weighted by Gasteiger charge is 2.41. The van der Waals surface area contributed by atoms with Crippen molar-refractivity contribution in [1.82, 2.24) is 25.5 Å². The number of carbonyl (C=O) groups is 1. The highest BCUT2D eigenvalue weighted by Crippen LogP contribution is 2.34. The van der Waals surface area contributed by atoms with Gasteiger partial charge in [0.05, 0.1) is 40.7 Å². The van der Waals surface area contributed by atoms with E-state index in [9.17, 15) is 4.79 Å². The first-order valence-corrected chi connectivity index (χ1v) is 12.9. The Bertz CT molecular complexity index is 1250. The molecular weight excluding hydrogens is 452 g/mol. The van der Waals surface area contributed by atoms with Crippen molar-refractivity contribution in [1.29, 1.82) is 0 Å². The number of hydrogen-bond donors (Lipinski definition) is 3. The number of fused-ring (bicyclic) bond motifs is 1. The number of ether oxygens (including phenoxy) is 1. The molecule has 1 saturated heterocycles. The van der Waals surface area contributed by atoms with E-state index in [1.807, 2.05) is 40.7 Å². The van der Waals surface area contributed by atoms with Gasteiger partial charge in [-0.1, -0.05) is 12.1 Å². The highest BCUT2D eigenvalue weighted by molar-refractivity contribution is 5.86. The molecule has 1 aliphatic heterocycles. The van der Waals surface area contributed by atoms with Crippen molar-refractivity contribution >= 4 is 11.9 Å². The zero-order valence-corrected chi connectivity index (χ0v) is 21.8. The summed E-state index contributed by atoms with van der Waals surface area (Å²) in [6.45, 7) is 10.7. The minimum atomic E-state index is -0.375. The van der Waals surface area contributed by atoms with Crippen LogP contribution in [0.4, 0.5) is 5.95 Å². The van der Waals surface area contributed by atoms with Crippen molar-refractivity contribution in [2.75, 3.05) is 11.9 Å². The molecule has 0 unspecified atom stereocenters. The smallest absolute Gasteiger partial charge is 0.229 e. The van der Waals surface area contributed by atoms with E-state index in [1.54, 1.807) is 6.20 Å². The number of aryl methyl sites for hydroxylation is 2. The minimum absolute atomic E-state index is 0.000570. The van der Waals surface area contributed by atoms with E-state index in [2.05, 4.69) is 50.1 Å².